The molecule has 1 N–H and O–H groups in total. The van der Waals surface area contributed by atoms with Crippen LogP contribution in [0.4, 0.5) is 15.8 Å². The number of hydrogen-bond acceptors (Lipinski definition) is 3. The molecule has 0 radical (unpaired) electrons. The molecule has 0 saturated heterocycles. The van der Waals surface area contributed by atoms with Crippen LogP contribution in [0.15, 0.2) is 28.7 Å². The van der Waals surface area contributed by atoms with Crippen LogP contribution in [0.25, 0.3) is 0 Å². The van der Waals surface area contributed by atoms with Crippen molar-refractivity contribution in [2.45, 2.75) is 13.8 Å². The van der Waals surface area contributed by atoms with Crippen molar-refractivity contribution in [1.29, 1.82) is 5.26 Å². The van der Waals surface area contributed by atoms with Gasteiger partial charge in [0, 0.05) is 11.4 Å². The number of aromatic nitrogens is 1. The number of aryl methyl sites for hydroxylation is 2. The molecule has 5 heteroatoms. The number of benzene rings is 1. The third-order valence-electron chi connectivity index (χ3n) is 2.64. The molecule has 0 fully saturated rings. The summed E-state index contributed by atoms with van der Waals surface area (Å²) in [6.07, 6.45) is 0. The van der Waals surface area contributed by atoms with E-state index in [1.165, 1.54) is 6.07 Å². The smallest absolute Gasteiger partial charge is 0.139 e. The first-order chi connectivity index (χ1) is 9.01. The molecule has 0 amide bonds. The molecule has 0 saturated carbocycles. The molecule has 0 aliphatic heterocycles. The number of nitriles is 1. The van der Waals surface area contributed by atoms with Gasteiger partial charge in [0.1, 0.15) is 11.9 Å². The van der Waals surface area contributed by atoms with E-state index >= 15 is 0 Å². The molecule has 96 valence electrons. The highest BCUT2D eigenvalue weighted by Crippen LogP contribution is 2.25. The van der Waals surface area contributed by atoms with Crippen LogP contribution >= 0.6 is 15.9 Å². The fourth-order valence-corrected chi connectivity index (χ4v) is 2.04. The van der Waals surface area contributed by atoms with E-state index in [4.69, 9.17) is 5.26 Å². The maximum absolute atomic E-state index is 13.5. The molecule has 0 aliphatic rings. The molecule has 1 heterocycles. The average molecular weight is 320 g/mol. The fraction of sp³-hybridized carbons (Fsp3) is 0.143. The lowest BCUT2D eigenvalue weighted by molar-refractivity contribution is 0.622. The highest BCUT2D eigenvalue weighted by atomic mass is 79.9. The third-order valence-corrected chi connectivity index (χ3v) is 3.28. The Labute approximate surface area is 119 Å². The molecule has 0 atom stereocenters. The number of hydrogen-bond donors (Lipinski definition) is 1. The molecule has 0 bridgehead atoms. The van der Waals surface area contributed by atoms with E-state index < -0.39 is 0 Å². The second-order valence-electron chi connectivity index (χ2n) is 4.14. The lowest BCUT2D eigenvalue weighted by Gasteiger charge is -2.11. The minimum Gasteiger partial charge on any atom is -0.354 e. The molecule has 0 aliphatic carbocycles. The molecule has 0 spiro atoms. The Morgan fingerprint density at radius 2 is 2.05 bits per heavy atom. The summed E-state index contributed by atoms with van der Waals surface area (Å²) in [5, 5.41) is 12.2. The van der Waals surface area contributed by atoms with E-state index in [0.717, 1.165) is 5.69 Å². The van der Waals surface area contributed by atoms with Gasteiger partial charge in [-0.25, -0.2) is 4.39 Å². The van der Waals surface area contributed by atoms with Crippen LogP contribution in [0, 0.1) is 31.0 Å². The minimum absolute atomic E-state index is 0.356. The Morgan fingerprint density at radius 1 is 1.32 bits per heavy atom. The monoisotopic (exact) mass is 319 g/mol. The Hall–Kier alpha value is -1.93. The van der Waals surface area contributed by atoms with E-state index in [0.29, 0.717) is 27.1 Å². The van der Waals surface area contributed by atoms with Gasteiger partial charge in [0.05, 0.1) is 21.4 Å². The van der Waals surface area contributed by atoms with Gasteiger partial charge >= 0.3 is 0 Å². The topological polar surface area (TPSA) is 48.7 Å². The van der Waals surface area contributed by atoms with Crippen LogP contribution < -0.4 is 5.32 Å². The van der Waals surface area contributed by atoms with Gasteiger partial charge in [0.2, 0.25) is 0 Å². The van der Waals surface area contributed by atoms with Crippen molar-refractivity contribution < 1.29 is 4.39 Å². The average Bonchev–Trinajstić information content (AvgIpc) is 2.33. The zero-order valence-corrected chi connectivity index (χ0v) is 12.0. The standard InChI is InChI=1S/C14H11BrFN3/c1-8-5-14(11(7-17)9(2)18-8)19-10-3-4-12(15)13(16)6-10/h3-6H,1-2H3,(H,18,19). The molecular weight excluding hydrogens is 309 g/mol. The van der Waals surface area contributed by atoms with Crippen LogP contribution in [-0.4, -0.2) is 4.98 Å². The molecule has 1 aromatic carbocycles. The lowest BCUT2D eigenvalue weighted by atomic mass is 10.1. The quantitative estimate of drug-likeness (QED) is 0.901. The summed E-state index contributed by atoms with van der Waals surface area (Å²) >= 11 is 3.10. The van der Waals surface area contributed by atoms with E-state index in [1.54, 1.807) is 25.1 Å². The number of nitrogens with zero attached hydrogens (tertiary/aromatic N) is 2. The molecular formula is C14H11BrFN3. The van der Waals surface area contributed by atoms with Gasteiger partial charge in [-0.3, -0.25) is 4.98 Å². The Bertz CT molecular complexity index is 677. The van der Waals surface area contributed by atoms with Gasteiger partial charge in [0.15, 0.2) is 0 Å². The van der Waals surface area contributed by atoms with Gasteiger partial charge in [0.25, 0.3) is 0 Å². The second kappa shape index (κ2) is 5.37. The summed E-state index contributed by atoms with van der Waals surface area (Å²) in [5.74, 6) is -0.356. The number of pyridine rings is 1. The maximum atomic E-state index is 13.5. The Kier molecular flexibility index (Phi) is 3.82. The van der Waals surface area contributed by atoms with Crippen molar-refractivity contribution >= 4 is 27.3 Å². The fourth-order valence-electron chi connectivity index (χ4n) is 1.80. The summed E-state index contributed by atoms with van der Waals surface area (Å²) in [5.41, 5.74) is 3.14. The first kappa shape index (κ1) is 13.5. The van der Waals surface area contributed by atoms with Crippen molar-refractivity contribution in [3.8, 4) is 6.07 Å². The lowest BCUT2D eigenvalue weighted by Crippen LogP contribution is -2.00. The van der Waals surface area contributed by atoms with Crippen LogP contribution in [0.2, 0.25) is 0 Å². The summed E-state index contributed by atoms with van der Waals surface area (Å²) in [7, 11) is 0. The van der Waals surface area contributed by atoms with E-state index in [-0.39, 0.29) is 5.82 Å². The third kappa shape index (κ3) is 2.91. The molecule has 2 aromatic rings. The van der Waals surface area contributed by atoms with Gasteiger partial charge in [-0.2, -0.15) is 5.26 Å². The first-order valence-corrected chi connectivity index (χ1v) is 6.41. The van der Waals surface area contributed by atoms with Crippen LogP contribution in [0.3, 0.4) is 0 Å². The molecule has 3 nitrogen and oxygen atoms in total. The maximum Gasteiger partial charge on any atom is 0.139 e. The highest BCUT2D eigenvalue weighted by Gasteiger charge is 2.09. The van der Waals surface area contributed by atoms with Crippen molar-refractivity contribution in [2.24, 2.45) is 0 Å². The predicted octanol–water partition coefficient (Wildman–Crippen LogP) is 4.22. The summed E-state index contributed by atoms with van der Waals surface area (Å²) < 4.78 is 13.9. The first-order valence-electron chi connectivity index (χ1n) is 5.61. The summed E-state index contributed by atoms with van der Waals surface area (Å²) in [6.45, 7) is 3.63. The van der Waals surface area contributed by atoms with Gasteiger partial charge in [-0.15, -0.1) is 0 Å². The van der Waals surface area contributed by atoms with E-state index in [9.17, 15) is 4.39 Å². The largest absolute Gasteiger partial charge is 0.354 e. The van der Waals surface area contributed by atoms with Crippen molar-refractivity contribution in [3.63, 3.8) is 0 Å². The Morgan fingerprint density at radius 3 is 2.68 bits per heavy atom. The summed E-state index contributed by atoms with van der Waals surface area (Å²) in [4.78, 5) is 4.23. The molecule has 0 unspecified atom stereocenters. The SMILES string of the molecule is Cc1cc(Nc2ccc(Br)c(F)c2)c(C#N)c(C)n1. The second-order valence-corrected chi connectivity index (χ2v) is 4.99. The van der Waals surface area contributed by atoms with Crippen LogP contribution in [0.1, 0.15) is 17.0 Å². The van der Waals surface area contributed by atoms with Gasteiger partial charge in [-0.05, 0) is 54.0 Å². The van der Waals surface area contributed by atoms with Gasteiger partial charge in [-0.1, -0.05) is 0 Å². The normalized spacial score (nSPS) is 10.1. The van der Waals surface area contributed by atoms with Crippen molar-refractivity contribution in [2.75, 3.05) is 5.32 Å². The van der Waals surface area contributed by atoms with Crippen molar-refractivity contribution in [3.05, 3.63) is 51.5 Å². The molecule has 1 aromatic heterocycles. The van der Waals surface area contributed by atoms with Crippen LogP contribution in [-0.2, 0) is 0 Å². The van der Waals surface area contributed by atoms with Crippen molar-refractivity contribution in [1.82, 2.24) is 4.98 Å². The van der Waals surface area contributed by atoms with Crippen LogP contribution in [0.5, 0.6) is 0 Å². The number of anilines is 2. The van der Waals surface area contributed by atoms with E-state index in [1.807, 2.05) is 6.92 Å². The molecule has 2 rings (SSSR count). The zero-order valence-electron chi connectivity index (χ0n) is 10.5. The van der Waals surface area contributed by atoms with E-state index in [2.05, 4.69) is 32.3 Å². The van der Waals surface area contributed by atoms with Gasteiger partial charge < -0.3 is 5.32 Å². The number of halogens is 2. The summed E-state index contributed by atoms with van der Waals surface area (Å²) in [6, 6.07) is 8.60. The molecule has 19 heavy (non-hydrogen) atoms. The minimum atomic E-state index is -0.356. The highest BCUT2D eigenvalue weighted by molar-refractivity contribution is 9.10. The predicted molar refractivity (Wildman–Crippen MR) is 75.8 cm³/mol. The Balaban J connectivity index is 2.43. The number of nitrogens with one attached hydrogen (secondary N) is 1. The zero-order chi connectivity index (χ0) is 14.0. The number of rotatable bonds is 2.